The van der Waals surface area contributed by atoms with Crippen LogP contribution in [0.2, 0.25) is 0 Å². The average molecular weight is 265 g/mol. The summed E-state index contributed by atoms with van der Waals surface area (Å²) in [6.45, 7) is 5.88. The molecule has 0 spiro atoms. The Bertz CT molecular complexity index is 271. The number of hydrogen-bond donors (Lipinski definition) is 1. The molecule has 0 saturated heterocycles. The van der Waals surface area contributed by atoms with Crippen molar-refractivity contribution < 1.29 is 0 Å². The van der Waals surface area contributed by atoms with Gasteiger partial charge >= 0.3 is 0 Å². The van der Waals surface area contributed by atoms with Gasteiger partial charge in [0.2, 0.25) is 0 Å². The number of hydrogen-bond acceptors (Lipinski definition) is 3. The molecule has 110 valence electrons. The third kappa shape index (κ3) is 7.36. The lowest BCUT2D eigenvalue weighted by Gasteiger charge is -2.16. The molecule has 0 bridgehead atoms. The lowest BCUT2D eigenvalue weighted by Crippen LogP contribution is -2.31. The highest BCUT2D eigenvalue weighted by molar-refractivity contribution is 5.94. The zero-order valence-corrected chi connectivity index (χ0v) is 12.6. The smallest absolute Gasteiger partial charge is 0.123 e. The number of allylic oxidation sites excluding steroid dienone is 1. The van der Waals surface area contributed by atoms with Gasteiger partial charge in [-0.15, -0.1) is 0 Å². The largest absolute Gasteiger partial charge is 0.354 e. The van der Waals surface area contributed by atoms with Crippen molar-refractivity contribution in [1.82, 2.24) is 4.90 Å². The fourth-order valence-electron chi connectivity index (χ4n) is 2.45. The summed E-state index contributed by atoms with van der Waals surface area (Å²) in [6, 6.07) is 0. The van der Waals surface area contributed by atoms with Crippen LogP contribution >= 0.6 is 0 Å². The first kappa shape index (κ1) is 16.2. The summed E-state index contributed by atoms with van der Waals surface area (Å²) in [5.41, 5.74) is 5.59. The van der Waals surface area contributed by atoms with Gasteiger partial charge in [-0.05, 0) is 18.9 Å². The van der Waals surface area contributed by atoms with Gasteiger partial charge in [-0.2, -0.15) is 0 Å². The fraction of sp³-hybridized carbons (Fsp3) is 0.812. The summed E-state index contributed by atoms with van der Waals surface area (Å²) >= 11 is 0. The average Bonchev–Trinajstić information content (AvgIpc) is 2.85. The Balaban J connectivity index is 2.01. The van der Waals surface area contributed by atoms with Gasteiger partial charge in [0.15, 0.2) is 0 Å². The van der Waals surface area contributed by atoms with Crippen LogP contribution in [0.4, 0.5) is 0 Å². The number of aliphatic imine (C=N–C) groups is 1. The number of rotatable bonds is 11. The molecule has 0 aromatic carbocycles. The van der Waals surface area contributed by atoms with Crippen LogP contribution < -0.4 is 5.73 Å². The first-order valence-corrected chi connectivity index (χ1v) is 8.04. The highest BCUT2D eigenvalue weighted by Gasteiger charge is 2.12. The third-order valence-electron chi connectivity index (χ3n) is 3.61. The van der Waals surface area contributed by atoms with Crippen molar-refractivity contribution in [2.24, 2.45) is 10.7 Å². The molecular formula is C16H31N3. The molecule has 0 radical (unpaired) electrons. The molecule has 3 heteroatoms. The molecule has 0 unspecified atom stereocenters. The molecule has 3 nitrogen and oxygen atoms in total. The van der Waals surface area contributed by atoms with E-state index in [0.717, 1.165) is 25.5 Å². The summed E-state index contributed by atoms with van der Waals surface area (Å²) < 4.78 is 0. The minimum absolute atomic E-state index is 0.713. The summed E-state index contributed by atoms with van der Waals surface area (Å²) in [5.74, 6) is 1.13. The Morgan fingerprint density at radius 3 is 2.63 bits per heavy atom. The number of amidine groups is 1. The molecule has 0 saturated carbocycles. The first-order valence-electron chi connectivity index (χ1n) is 8.04. The molecule has 1 aliphatic rings. The Hall–Kier alpha value is -0.830. The lowest BCUT2D eigenvalue weighted by molar-refractivity contribution is 0.469. The molecule has 1 heterocycles. The molecule has 19 heavy (non-hydrogen) atoms. The molecule has 0 fully saturated rings. The zero-order chi connectivity index (χ0) is 13.8. The van der Waals surface area contributed by atoms with E-state index in [4.69, 9.17) is 5.73 Å². The Morgan fingerprint density at radius 2 is 1.89 bits per heavy atom. The second-order valence-electron chi connectivity index (χ2n) is 5.33. The van der Waals surface area contributed by atoms with Crippen molar-refractivity contribution in [3.63, 3.8) is 0 Å². The SMILES string of the molecule is CCCCCCCCC/C=C/C1=NCCN1CCN. The van der Waals surface area contributed by atoms with Crippen molar-refractivity contribution in [3.8, 4) is 0 Å². The Kier molecular flexibility index (Phi) is 9.42. The van der Waals surface area contributed by atoms with Crippen LogP contribution in [0, 0.1) is 0 Å². The summed E-state index contributed by atoms with van der Waals surface area (Å²) in [6.07, 6.45) is 15.3. The highest BCUT2D eigenvalue weighted by Crippen LogP contribution is 2.09. The van der Waals surface area contributed by atoms with Crippen molar-refractivity contribution >= 4 is 5.84 Å². The Morgan fingerprint density at radius 1 is 1.16 bits per heavy atom. The van der Waals surface area contributed by atoms with Gasteiger partial charge in [-0.1, -0.05) is 51.5 Å². The maximum Gasteiger partial charge on any atom is 0.123 e. The molecule has 1 aliphatic heterocycles. The third-order valence-corrected chi connectivity index (χ3v) is 3.61. The number of unbranched alkanes of at least 4 members (excludes halogenated alkanes) is 7. The molecule has 2 N–H and O–H groups in total. The molecule has 0 aromatic rings. The van der Waals surface area contributed by atoms with E-state index < -0.39 is 0 Å². The van der Waals surface area contributed by atoms with E-state index >= 15 is 0 Å². The minimum atomic E-state index is 0.713. The minimum Gasteiger partial charge on any atom is -0.354 e. The van der Waals surface area contributed by atoms with Crippen LogP contribution in [0.5, 0.6) is 0 Å². The van der Waals surface area contributed by atoms with Gasteiger partial charge in [-0.25, -0.2) is 0 Å². The van der Waals surface area contributed by atoms with Crippen LogP contribution in [0.1, 0.15) is 58.3 Å². The quantitative estimate of drug-likeness (QED) is 0.582. The molecule has 0 aromatic heterocycles. The predicted octanol–water partition coefficient (Wildman–Crippen LogP) is 3.36. The maximum absolute atomic E-state index is 5.59. The van der Waals surface area contributed by atoms with Crippen molar-refractivity contribution in [3.05, 3.63) is 12.2 Å². The fourth-order valence-corrected chi connectivity index (χ4v) is 2.45. The summed E-state index contributed by atoms with van der Waals surface area (Å²) in [5, 5.41) is 0. The van der Waals surface area contributed by atoms with Gasteiger partial charge in [0, 0.05) is 19.6 Å². The first-order chi connectivity index (χ1) is 9.38. The second kappa shape index (κ2) is 11.0. The zero-order valence-electron chi connectivity index (χ0n) is 12.6. The molecule has 1 rings (SSSR count). The van der Waals surface area contributed by atoms with Crippen LogP contribution in [0.15, 0.2) is 17.1 Å². The highest BCUT2D eigenvalue weighted by atomic mass is 15.2. The van der Waals surface area contributed by atoms with E-state index in [-0.39, 0.29) is 0 Å². The summed E-state index contributed by atoms with van der Waals surface area (Å²) in [4.78, 5) is 6.78. The molecule has 0 atom stereocenters. The van der Waals surface area contributed by atoms with E-state index in [2.05, 4.69) is 29.0 Å². The maximum atomic E-state index is 5.59. The number of nitrogens with zero attached hydrogens (tertiary/aromatic N) is 2. The predicted molar refractivity (Wildman–Crippen MR) is 84.7 cm³/mol. The lowest BCUT2D eigenvalue weighted by atomic mass is 10.1. The normalized spacial score (nSPS) is 15.5. The van der Waals surface area contributed by atoms with E-state index in [0.29, 0.717) is 6.54 Å². The second-order valence-corrected chi connectivity index (χ2v) is 5.33. The van der Waals surface area contributed by atoms with Crippen molar-refractivity contribution in [1.29, 1.82) is 0 Å². The summed E-state index contributed by atoms with van der Waals surface area (Å²) in [7, 11) is 0. The van der Waals surface area contributed by atoms with Gasteiger partial charge in [0.1, 0.15) is 5.84 Å². The van der Waals surface area contributed by atoms with Gasteiger partial charge < -0.3 is 10.6 Å². The standard InChI is InChI=1S/C16H31N3/c1-2-3-4-5-6-7-8-9-10-11-16-18-13-15-19(16)14-12-17/h10-11H,2-9,12-15,17H2,1H3/b11-10+. The monoisotopic (exact) mass is 265 g/mol. The number of nitrogens with two attached hydrogens (primary N) is 1. The van der Waals surface area contributed by atoms with Crippen LogP contribution in [0.25, 0.3) is 0 Å². The van der Waals surface area contributed by atoms with Crippen LogP contribution in [-0.2, 0) is 0 Å². The molecule has 0 aliphatic carbocycles. The van der Waals surface area contributed by atoms with Crippen molar-refractivity contribution in [2.45, 2.75) is 58.3 Å². The van der Waals surface area contributed by atoms with Gasteiger partial charge in [0.05, 0.1) is 6.54 Å². The van der Waals surface area contributed by atoms with E-state index in [9.17, 15) is 0 Å². The van der Waals surface area contributed by atoms with Crippen molar-refractivity contribution in [2.75, 3.05) is 26.2 Å². The molecular weight excluding hydrogens is 234 g/mol. The van der Waals surface area contributed by atoms with Gasteiger partial charge in [0.25, 0.3) is 0 Å². The van der Waals surface area contributed by atoms with Gasteiger partial charge in [-0.3, -0.25) is 4.99 Å². The Labute approximate surface area is 119 Å². The van der Waals surface area contributed by atoms with E-state index in [1.54, 1.807) is 0 Å². The topological polar surface area (TPSA) is 41.6 Å². The van der Waals surface area contributed by atoms with E-state index in [1.165, 1.54) is 51.4 Å². The van der Waals surface area contributed by atoms with E-state index in [1.807, 2.05) is 0 Å². The van der Waals surface area contributed by atoms with Crippen LogP contribution in [0.3, 0.4) is 0 Å². The van der Waals surface area contributed by atoms with Crippen LogP contribution in [-0.4, -0.2) is 36.9 Å². The molecule has 0 amide bonds.